The molecule has 162 valence electrons. The topological polar surface area (TPSA) is 93.2 Å². The summed E-state index contributed by atoms with van der Waals surface area (Å²) in [6, 6.07) is 16.8. The van der Waals surface area contributed by atoms with E-state index in [1.165, 1.54) is 0 Å². The number of hydrogen-bond acceptors (Lipinski definition) is 6. The molecule has 2 N–H and O–H groups in total. The quantitative estimate of drug-likeness (QED) is 0.374. The molecule has 0 radical (unpaired) electrons. The number of benzene rings is 2. The molecule has 0 atom stereocenters. The maximum absolute atomic E-state index is 12.1. The van der Waals surface area contributed by atoms with E-state index in [1.54, 1.807) is 31.5 Å². The second-order valence-corrected chi connectivity index (χ2v) is 8.68. The second-order valence-electron chi connectivity index (χ2n) is 6.84. The van der Waals surface area contributed by atoms with Gasteiger partial charge in [-0.15, -0.1) is 12.4 Å². The van der Waals surface area contributed by atoms with E-state index in [0.29, 0.717) is 29.2 Å². The minimum Gasteiger partial charge on any atom is -0.494 e. The number of nitrogens with zero attached hydrogens (tertiary/aromatic N) is 2. The Labute approximate surface area is 187 Å². The fourth-order valence-electron chi connectivity index (χ4n) is 3.35. The van der Waals surface area contributed by atoms with Gasteiger partial charge in [-0.05, 0) is 36.8 Å². The zero-order valence-corrected chi connectivity index (χ0v) is 18.8. The number of rotatable bonds is 7. The van der Waals surface area contributed by atoms with Crippen LogP contribution in [-0.4, -0.2) is 31.2 Å². The summed E-state index contributed by atoms with van der Waals surface area (Å²) in [7, 11) is -1.83. The fraction of sp³-hybridized carbons (Fsp3) is 0.182. The first-order chi connectivity index (χ1) is 14.5. The Morgan fingerprint density at radius 2 is 1.81 bits per heavy atom. The molecule has 4 rings (SSSR count). The van der Waals surface area contributed by atoms with E-state index in [4.69, 9.17) is 4.74 Å². The van der Waals surface area contributed by atoms with Crippen molar-refractivity contribution in [2.24, 2.45) is 0 Å². The highest BCUT2D eigenvalue weighted by molar-refractivity contribution is 7.92. The van der Waals surface area contributed by atoms with Crippen LogP contribution in [0.25, 0.3) is 21.9 Å². The number of halogens is 1. The van der Waals surface area contributed by atoms with Gasteiger partial charge in [0.15, 0.2) is 5.65 Å². The number of nitrogens with one attached hydrogen (secondary N) is 2. The van der Waals surface area contributed by atoms with Gasteiger partial charge >= 0.3 is 0 Å². The lowest BCUT2D eigenvalue weighted by Crippen LogP contribution is -2.16. The normalized spacial score (nSPS) is 11.2. The summed E-state index contributed by atoms with van der Waals surface area (Å²) in [4.78, 5) is 9.02. The maximum Gasteiger partial charge on any atom is 0.232 e. The third-order valence-corrected chi connectivity index (χ3v) is 6.16. The third kappa shape index (κ3) is 4.81. The van der Waals surface area contributed by atoms with Crippen LogP contribution in [0.1, 0.15) is 13.3 Å². The number of anilines is 3. The lowest BCUT2D eigenvalue weighted by molar-refractivity contribution is 0.417. The molecule has 0 bridgehead atoms. The summed E-state index contributed by atoms with van der Waals surface area (Å²) in [5.74, 6) is 0.585. The summed E-state index contributed by atoms with van der Waals surface area (Å²) in [6.45, 7) is 1.82. The summed E-state index contributed by atoms with van der Waals surface area (Å²) in [5.41, 5.74) is 3.49. The molecule has 0 spiro atoms. The van der Waals surface area contributed by atoms with Crippen molar-refractivity contribution >= 4 is 61.4 Å². The molecule has 0 saturated carbocycles. The van der Waals surface area contributed by atoms with Gasteiger partial charge < -0.3 is 10.1 Å². The number of methoxy groups -OCH3 is 1. The summed E-state index contributed by atoms with van der Waals surface area (Å²) >= 11 is 0. The Morgan fingerprint density at radius 3 is 2.58 bits per heavy atom. The zero-order valence-electron chi connectivity index (χ0n) is 17.1. The fourth-order valence-corrected chi connectivity index (χ4v) is 4.48. The standard InChI is InChI=1S/C22H22N4O3S.ClH/c1-3-13-30(27,28)26-15-10-11-19(20(14-15)29-2)24-21-16-7-4-5-9-18(16)25-22-17(21)8-6-12-23-22;/h4-12,14,26H,3,13H2,1-2H3,(H,23,24,25);1H. The number of para-hydroxylation sites is 1. The van der Waals surface area contributed by atoms with E-state index in [1.807, 2.05) is 43.3 Å². The molecule has 0 aliphatic carbocycles. The number of hydrogen-bond donors (Lipinski definition) is 2. The highest BCUT2D eigenvalue weighted by atomic mass is 35.5. The average Bonchev–Trinajstić information content (AvgIpc) is 2.74. The summed E-state index contributed by atoms with van der Waals surface area (Å²) in [5, 5.41) is 5.27. The Bertz CT molecular complexity index is 1280. The minimum atomic E-state index is -3.38. The van der Waals surface area contributed by atoms with Crippen molar-refractivity contribution < 1.29 is 13.2 Å². The molecular weight excluding hydrogens is 436 g/mol. The molecule has 0 fully saturated rings. The van der Waals surface area contributed by atoms with Crippen LogP contribution in [0.4, 0.5) is 17.1 Å². The van der Waals surface area contributed by atoms with Gasteiger partial charge in [0.1, 0.15) is 5.75 Å². The van der Waals surface area contributed by atoms with E-state index >= 15 is 0 Å². The van der Waals surface area contributed by atoms with E-state index in [9.17, 15) is 8.42 Å². The van der Waals surface area contributed by atoms with E-state index in [0.717, 1.165) is 22.0 Å². The third-order valence-electron chi connectivity index (χ3n) is 4.66. The highest BCUT2D eigenvalue weighted by Crippen LogP contribution is 2.36. The molecule has 2 heterocycles. The van der Waals surface area contributed by atoms with E-state index < -0.39 is 10.0 Å². The van der Waals surface area contributed by atoms with Crippen LogP contribution in [-0.2, 0) is 10.0 Å². The number of pyridine rings is 2. The molecule has 0 unspecified atom stereocenters. The first kappa shape index (κ1) is 22.6. The summed E-state index contributed by atoms with van der Waals surface area (Å²) in [6.07, 6.45) is 2.26. The molecule has 0 saturated heterocycles. The van der Waals surface area contributed by atoms with Gasteiger partial charge in [-0.3, -0.25) is 4.72 Å². The van der Waals surface area contributed by atoms with Gasteiger partial charge in [0, 0.05) is 23.0 Å². The van der Waals surface area contributed by atoms with Crippen molar-refractivity contribution in [1.82, 2.24) is 9.97 Å². The molecule has 31 heavy (non-hydrogen) atoms. The van der Waals surface area contributed by atoms with Crippen LogP contribution in [0, 0.1) is 0 Å². The zero-order chi connectivity index (χ0) is 21.1. The molecule has 2 aromatic heterocycles. The first-order valence-electron chi connectivity index (χ1n) is 9.60. The number of sulfonamides is 1. The number of aromatic nitrogens is 2. The Kier molecular flexibility index (Phi) is 6.82. The highest BCUT2D eigenvalue weighted by Gasteiger charge is 2.14. The molecule has 0 aliphatic heterocycles. The van der Waals surface area contributed by atoms with Crippen molar-refractivity contribution in [3.8, 4) is 5.75 Å². The summed E-state index contributed by atoms with van der Waals surface area (Å²) < 4.78 is 32.3. The number of ether oxygens (including phenoxy) is 1. The number of fused-ring (bicyclic) bond motifs is 2. The van der Waals surface area contributed by atoms with Crippen LogP contribution in [0.5, 0.6) is 5.75 Å². The van der Waals surface area contributed by atoms with Crippen molar-refractivity contribution in [2.75, 3.05) is 22.9 Å². The van der Waals surface area contributed by atoms with Crippen LogP contribution < -0.4 is 14.8 Å². The van der Waals surface area contributed by atoms with Crippen molar-refractivity contribution in [2.45, 2.75) is 13.3 Å². The molecule has 9 heteroatoms. The van der Waals surface area contributed by atoms with Gasteiger partial charge in [-0.25, -0.2) is 18.4 Å². The molecule has 0 aliphatic rings. The van der Waals surface area contributed by atoms with Crippen LogP contribution in [0.15, 0.2) is 60.8 Å². The molecular formula is C22H23ClN4O3S. The molecule has 0 amide bonds. The van der Waals surface area contributed by atoms with Crippen LogP contribution >= 0.6 is 12.4 Å². The Morgan fingerprint density at radius 1 is 1.03 bits per heavy atom. The monoisotopic (exact) mass is 458 g/mol. The minimum absolute atomic E-state index is 0. The lowest BCUT2D eigenvalue weighted by Gasteiger charge is -2.16. The van der Waals surface area contributed by atoms with Crippen molar-refractivity contribution in [3.63, 3.8) is 0 Å². The van der Waals surface area contributed by atoms with Gasteiger partial charge in [0.2, 0.25) is 10.0 Å². The van der Waals surface area contributed by atoms with Gasteiger partial charge in [0.05, 0.1) is 35.4 Å². The van der Waals surface area contributed by atoms with Gasteiger partial charge in [-0.2, -0.15) is 0 Å². The molecule has 7 nitrogen and oxygen atoms in total. The average molecular weight is 459 g/mol. The van der Waals surface area contributed by atoms with E-state index in [-0.39, 0.29) is 18.2 Å². The Hall–Kier alpha value is -3.10. The van der Waals surface area contributed by atoms with Crippen LogP contribution in [0.2, 0.25) is 0 Å². The largest absolute Gasteiger partial charge is 0.494 e. The van der Waals surface area contributed by atoms with Gasteiger partial charge in [0.25, 0.3) is 0 Å². The molecule has 4 aromatic rings. The first-order valence-corrected chi connectivity index (χ1v) is 11.2. The smallest absolute Gasteiger partial charge is 0.232 e. The van der Waals surface area contributed by atoms with Crippen molar-refractivity contribution in [3.05, 3.63) is 60.8 Å². The lowest BCUT2D eigenvalue weighted by atomic mass is 10.1. The van der Waals surface area contributed by atoms with E-state index in [2.05, 4.69) is 20.0 Å². The second kappa shape index (κ2) is 9.36. The van der Waals surface area contributed by atoms with Gasteiger partial charge in [-0.1, -0.05) is 25.1 Å². The predicted octanol–water partition coefficient (Wildman–Crippen LogP) is 5.11. The van der Waals surface area contributed by atoms with Crippen LogP contribution in [0.3, 0.4) is 0 Å². The SMILES string of the molecule is CCCS(=O)(=O)Nc1ccc(Nc2c3ccccc3nc3ncccc23)c(OC)c1.Cl. The maximum atomic E-state index is 12.1. The van der Waals surface area contributed by atoms with Crippen molar-refractivity contribution in [1.29, 1.82) is 0 Å². The predicted molar refractivity (Wildman–Crippen MR) is 128 cm³/mol. The molecule has 2 aromatic carbocycles. The Balaban J connectivity index is 0.00000272.